The summed E-state index contributed by atoms with van der Waals surface area (Å²) < 4.78 is 24.2. The van der Waals surface area contributed by atoms with Crippen LogP contribution >= 0.6 is 15.9 Å². The van der Waals surface area contributed by atoms with Crippen molar-refractivity contribution in [3.05, 3.63) is 112 Å². The minimum atomic E-state index is -1.52. The van der Waals surface area contributed by atoms with Crippen LogP contribution in [0.1, 0.15) is 55.8 Å². The van der Waals surface area contributed by atoms with Crippen LogP contribution in [0, 0.1) is 28.5 Å². The number of benzene rings is 3. The molecule has 0 saturated heterocycles. The second kappa shape index (κ2) is 12.1. The number of pyridine rings is 1. The van der Waals surface area contributed by atoms with Gasteiger partial charge >= 0.3 is 0 Å². The number of fused-ring (bicyclic) bond motifs is 1. The molecule has 2 atom stereocenters. The Labute approximate surface area is 253 Å². The maximum atomic E-state index is 13.9. The van der Waals surface area contributed by atoms with Gasteiger partial charge in [-0.1, -0.05) is 42.5 Å². The van der Waals surface area contributed by atoms with Crippen molar-refractivity contribution in [2.45, 2.75) is 43.8 Å². The maximum Gasteiger partial charge on any atom is 0.123 e. The molecule has 1 aromatic heterocycles. The Kier molecular flexibility index (Phi) is 7.55. The van der Waals surface area contributed by atoms with E-state index in [0.29, 0.717) is 62.5 Å². The van der Waals surface area contributed by atoms with Gasteiger partial charge in [-0.25, -0.2) is 4.39 Å². The molecule has 4 N–H and O–H groups in total. The van der Waals surface area contributed by atoms with Gasteiger partial charge in [0.15, 0.2) is 0 Å². The van der Waals surface area contributed by atoms with Gasteiger partial charge < -0.3 is 16.1 Å². The van der Waals surface area contributed by atoms with E-state index in [1.807, 2.05) is 53.7 Å². The molecule has 1 saturated carbocycles. The number of halogens is 2. The van der Waals surface area contributed by atoms with Gasteiger partial charge in [-0.2, -0.15) is 10.5 Å². The van der Waals surface area contributed by atoms with Crippen molar-refractivity contribution < 1.29 is 5.76 Å². The number of hydrazine groups is 2. The van der Waals surface area contributed by atoms with Gasteiger partial charge in [-0.15, -0.1) is 5.53 Å². The summed E-state index contributed by atoms with van der Waals surface area (Å²) >= 11 is 3.66. The van der Waals surface area contributed by atoms with E-state index in [2.05, 4.69) is 54.6 Å². The molecule has 2 heterocycles. The summed E-state index contributed by atoms with van der Waals surface area (Å²) in [5.74, 6) is -0.388. The molecule has 0 bridgehead atoms. The largest absolute Gasteiger partial charge is 0.377 e. The lowest BCUT2D eigenvalue weighted by Gasteiger charge is -2.24. The van der Waals surface area contributed by atoms with Crippen molar-refractivity contribution in [2.75, 3.05) is 10.6 Å². The van der Waals surface area contributed by atoms with Crippen LogP contribution in [0.15, 0.2) is 89.3 Å². The van der Waals surface area contributed by atoms with Crippen LogP contribution in [0.4, 0.5) is 15.8 Å². The van der Waals surface area contributed by atoms with Crippen molar-refractivity contribution in [1.82, 2.24) is 21.0 Å². The average Bonchev–Trinajstić information content (AvgIpc) is 3.75. The maximum absolute atomic E-state index is 13.9. The number of aromatic nitrogens is 1. The Morgan fingerprint density at radius 1 is 1.10 bits per heavy atom. The molecule has 4 aromatic rings. The Morgan fingerprint density at radius 2 is 1.88 bits per heavy atom. The van der Waals surface area contributed by atoms with Gasteiger partial charge in [0.05, 0.1) is 42.0 Å². The van der Waals surface area contributed by atoms with Crippen LogP contribution < -0.4 is 21.6 Å². The van der Waals surface area contributed by atoms with Gasteiger partial charge in [0, 0.05) is 40.4 Å². The predicted molar refractivity (Wildman–Crippen MR) is 164 cm³/mol. The van der Waals surface area contributed by atoms with Crippen LogP contribution in [0.5, 0.6) is 0 Å². The molecule has 210 valence electrons. The molecular formula is C32H28BrFN8. The lowest BCUT2D eigenvalue weighted by molar-refractivity contribution is 0.260. The Balaban J connectivity index is 1.44. The third-order valence-corrected chi connectivity index (χ3v) is 7.91. The third-order valence-electron chi connectivity index (χ3n) is 7.31. The molecule has 1 unspecified atom stereocenters. The molecule has 6 rings (SSSR count). The number of hydrogen-bond donors (Lipinski definition) is 4. The topological polar surface area (TPSA) is 112 Å². The van der Waals surface area contributed by atoms with Gasteiger partial charge in [0.25, 0.3) is 0 Å². The van der Waals surface area contributed by atoms with E-state index in [9.17, 15) is 16.3 Å². The monoisotopic (exact) mass is 623 g/mol. The molecular weight excluding hydrogens is 595 g/mol. The number of rotatable bonds is 10. The highest BCUT2D eigenvalue weighted by Crippen LogP contribution is 2.38. The third kappa shape index (κ3) is 5.87. The normalized spacial score (nSPS) is 16.8. The first-order chi connectivity index (χ1) is 20.9. The SMILES string of the molecule is [2H]C(Nc1cc(Br)c2ncc(C#N)c(N[C@H](CCC#N)c3ccccc3)c2c1)(C1=CN(C2CC2)NN1)c1ccc(F)cc1. The Hall–Kier alpha value is -4.64. The second-order valence-corrected chi connectivity index (χ2v) is 11.1. The summed E-state index contributed by atoms with van der Waals surface area (Å²) in [6, 6.07) is 22.5. The smallest absolute Gasteiger partial charge is 0.123 e. The van der Waals surface area contributed by atoms with E-state index in [4.69, 9.17) is 0 Å². The molecule has 0 spiro atoms. The number of nitrogens with one attached hydrogen (secondary N) is 4. The van der Waals surface area contributed by atoms with E-state index < -0.39 is 6.02 Å². The fraction of sp³-hybridized carbons (Fsp3) is 0.219. The zero-order valence-corrected chi connectivity index (χ0v) is 24.1. The van der Waals surface area contributed by atoms with Crippen LogP contribution in [-0.4, -0.2) is 16.0 Å². The van der Waals surface area contributed by atoms with E-state index in [1.165, 1.54) is 18.3 Å². The van der Waals surface area contributed by atoms with Gasteiger partial charge in [0.2, 0.25) is 0 Å². The lowest BCUT2D eigenvalue weighted by atomic mass is 10.00. The van der Waals surface area contributed by atoms with Crippen molar-refractivity contribution in [3.8, 4) is 12.1 Å². The van der Waals surface area contributed by atoms with Crippen molar-refractivity contribution >= 4 is 38.2 Å². The molecule has 8 nitrogen and oxygen atoms in total. The first-order valence-electron chi connectivity index (χ1n) is 14.2. The standard InChI is InChI=1S/C32H28BrFN8/c33-27-16-24(38-31(21-8-10-23(34)11-9-21)29-19-42(41-40-29)25-12-13-25)15-26-30(22(17-36)18-37-32(26)27)39-28(7-4-14-35)20-5-2-1-3-6-20/h1-3,5-6,8-11,15-16,18-19,25,28,31,38,40-41H,4,7,12-13H2,(H,37,39)/t28-,31?/m1/s1/i31D. The van der Waals surface area contributed by atoms with Gasteiger partial charge in [0.1, 0.15) is 11.9 Å². The minimum absolute atomic E-state index is 0.226. The summed E-state index contributed by atoms with van der Waals surface area (Å²) in [6.45, 7) is 0. The Morgan fingerprint density at radius 3 is 2.60 bits per heavy atom. The molecule has 1 aliphatic heterocycles. The lowest BCUT2D eigenvalue weighted by Crippen LogP contribution is -2.38. The van der Waals surface area contributed by atoms with Gasteiger partial charge in [-0.05, 0) is 70.6 Å². The first kappa shape index (κ1) is 26.3. The number of nitriles is 2. The number of anilines is 2. The molecule has 10 heteroatoms. The summed E-state index contributed by atoms with van der Waals surface area (Å²) in [7, 11) is 0. The van der Waals surface area contributed by atoms with Crippen molar-refractivity contribution in [2.24, 2.45) is 0 Å². The van der Waals surface area contributed by atoms with Crippen molar-refractivity contribution in [1.29, 1.82) is 10.5 Å². The van der Waals surface area contributed by atoms with Crippen LogP contribution in [0.25, 0.3) is 10.9 Å². The van der Waals surface area contributed by atoms with Crippen LogP contribution in [0.2, 0.25) is 0 Å². The van der Waals surface area contributed by atoms with E-state index >= 15 is 0 Å². The van der Waals surface area contributed by atoms with Gasteiger partial charge in [-0.3, -0.25) is 9.99 Å². The highest BCUT2D eigenvalue weighted by atomic mass is 79.9. The minimum Gasteiger partial charge on any atom is -0.377 e. The second-order valence-electron chi connectivity index (χ2n) is 10.2. The molecule has 2 aliphatic rings. The average molecular weight is 625 g/mol. The summed E-state index contributed by atoms with van der Waals surface area (Å²) in [5.41, 5.74) is 10.5. The quantitative estimate of drug-likeness (QED) is 0.150. The fourth-order valence-corrected chi connectivity index (χ4v) is 5.59. The van der Waals surface area contributed by atoms with Crippen LogP contribution in [-0.2, 0) is 0 Å². The molecule has 0 amide bonds. The van der Waals surface area contributed by atoms with Crippen LogP contribution in [0.3, 0.4) is 0 Å². The highest BCUT2D eigenvalue weighted by molar-refractivity contribution is 9.10. The molecule has 3 aromatic carbocycles. The van der Waals surface area contributed by atoms with Crippen molar-refractivity contribution in [3.63, 3.8) is 0 Å². The molecule has 1 aliphatic carbocycles. The Bertz CT molecular complexity index is 1770. The molecule has 0 radical (unpaired) electrons. The fourth-order valence-electron chi connectivity index (χ4n) is 5.02. The zero-order valence-electron chi connectivity index (χ0n) is 23.5. The van der Waals surface area contributed by atoms with E-state index in [0.717, 1.165) is 18.4 Å². The first-order valence-corrected chi connectivity index (χ1v) is 14.5. The summed E-state index contributed by atoms with van der Waals surface area (Å²) in [5, 5.41) is 28.9. The summed E-state index contributed by atoms with van der Waals surface area (Å²) in [4.78, 5) is 4.56. The van der Waals surface area contributed by atoms with E-state index in [1.54, 1.807) is 12.1 Å². The number of nitrogens with zero attached hydrogens (tertiary/aromatic N) is 4. The number of hydrogen-bond acceptors (Lipinski definition) is 8. The predicted octanol–water partition coefficient (Wildman–Crippen LogP) is 6.95. The highest BCUT2D eigenvalue weighted by Gasteiger charge is 2.32. The molecule has 42 heavy (non-hydrogen) atoms. The van der Waals surface area contributed by atoms with E-state index in [-0.39, 0.29) is 11.9 Å². The summed E-state index contributed by atoms with van der Waals surface area (Å²) in [6.07, 6.45) is 6.41. The zero-order chi connectivity index (χ0) is 30.0. The molecule has 1 fully saturated rings.